The molecule has 1 fully saturated rings. The molecule has 1 aliphatic heterocycles. The van der Waals surface area contributed by atoms with Crippen molar-refractivity contribution in [3.8, 4) is 5.75 Å². The molecule has 0 unspecified atom stereocenters. The molecule has 1 N–H and O–H groups in total. The largest absolute Gasteiger partial charge is 0.497 e. The summed E-state index contributed by atoms with van der Waals surface area (Å²) in [6.07, 6.45) is 1.79. The van der Waals surface area contributed by atoms with Crippen LogP contribution in [0.2, 0.25) is 0 Å². The van der Waals surface area contributed by atoms with E-state index in [0.717, 1.165) is 40.1 Å². The minimum atomic E-state index is -0.0722. The van der Waals surface area contributed by atoms with Crippen molar-refractivity contribution in [3.63, 3.8) is 0 Å². The van der Waals surface area contributed by atoms with E-state index in [0.29, 0.717) is 13.1 Å². The predicted molar refractivity (Wildman–Crippen MR) is 153 cm³/mol. The van der Waals surface area contributed by atoms with Gasteiger partial charge in [-0.15, -0.1) is 11.3 Å². The molecule has 5 nitrogen and oxygen atoms in total. The number of piperidine rings is 1. The lowest BCUT2D eigenvalue weighted by Gasteiger charge is -2.49. The van der Waals surface area contributed by atoms with E-state index < -0.39 is 0 Å². The van der Waals surface area contributed by atoms with Crippen LogP contribution in [0.15, 0.2) is 72.1 Å². The number of rotatable bonds is 7. The molecule has 0 bridgehead atoms. The summed E-state index contributed by atoms with van der Waals surface area (Å²) < 4.78 is 8.71. The maximum Gasteiger partial charge on any atom is 0.271 e. The first-order chi connectivity index (χ1) is 17.6. The highest BCUT2D eigenvalue weighted by Gasteiger charge is 2.42. The maximum atomic E-state index is 14.5. The Morgan fingerprint density at radius 1 is 1.00 bits per heavy atom. The van der Waals surface area contributed by atoms with E-state index in [1.165, 1.54) is 5.56 Å². The zero-order valence-corrected chi connectivity index (χ0v) is 23.3. The molecule has 194 valence electrons. The Hall–Kier alpha value is -3.09. The minimum Gasteiger partial charge on any atom is -0.497 e. The van der Waals surface area contributed by atoms with Gasteiger partial charge in [0.25, 0.3) is 5.91 Å². The van der Waals surface area contributed by atoms with Gasteiger partial charge in [-0.2, -0.15) is 0 Å². The number of thiophene rings is 1. The Labute approximate surface area is 224 Å². The number of carbonyl (C=O) groups is 1. The van der Waals surface area contributed by atoms with Crippen molar-refractivity contribution in [3.05, 3.63) is 88.9 Å². The molecular formula is C31H37N3O2S. The van der Waals surface area contributed by atoms with Gasteiger partial charge in [0.1, 0.15) is 11.4 Å². The first kappa shape index (κ1) is 25.6. The molecule has 0 atom stereocenters. The van der Waals surface area contributed by atoms with Gasteiger partial charge in [-0.25, -0.2) is 0 Å². The lowest BCUT2D eigenvalue weighted by atomic mass is 9.78. The molecule has 3 heterocycles. The first-order valence-electron chi connectivity index (χ1n) is 13.0. The van der Waals surface area contributed by atoms with E-state index >= 15 is 0 Å². The third kappa shape index (κ3) is 5.60. The Morgan fingerprint density at radius 3 is 2.32 bits per heavy atom. The summed E-state index contributed by atoms with van der Waals surface area (Å²) in [5.74, 6) is 0.913. The maximum absolute atomic E-state index is 14.5. The molecule has 0 spiro atoms. The fourth-order valence-corrected chi connectivity index (χ4v) is 6.84. The van der Waals surface area contributed by atoms with Crippen LogP contribution < -0.4 is 10.1 Å². The van der Waals surface area contributed by atoms with Crippen LogP contribution in [-0.2, 0) is 13.1 Å². The summed E-state index contributed by atoms with van der Waals surface area (Å²) in [7, 11) is 1.68. The van der Waals surface area contributed by atoms with Crippen LogP contribution in [0.4, 0.5) is 0 Å². The molecule has 1 amide bonds. The lowest BCUT2D eigenvalue weighted by molar-refractivity contribution is 0.0411. The first-order valence-corrected chi connectivity index (χ1v) is 13.9. The Bertz CT molecular complexity index is 1350. The van der Waals surface area contributed by atoms with Gasteiger partial charge >= 0.3 is 0 Å². The van der Waals surface area contributed by atoms with Crippen LogP contribution in [-0.4, -0.2) is 39.6 Å². The average molecular weight is 516 g/mol. The number of fused-ring (bicyclic) bond motifs is 1. The molecular weight excluding hydrogens is 478 g/mol. The zero-order chi connectivity index (χ0) is 26.2. The fraction of sp³-hybridized carbons (Fsp3) is 0.387. The second-order valence-electron chi connectivity index (χ2n) is 11.5. The van der Waals surface area contributed by atoms with Gasteiger partial charge in [0.15, 0.2) is 0 Å². The molecule has 2 aromatic carbocycles. The molecule has 1 saturated heterocycles. The van der Waals surface area contributed by atoms with Crippen molar-refractivity contribution < 1.29 is 9.53 Å². The van der Waals surface area contributed by atoms with Gasteiger partial charge < -0.3 is 19.5 Å². The van der Waals surface area contributed by atoms with Crippen LogP contribution in [0, 0.1) is 0 Å². The summed E-state index contributed by atoms with van der Waals surface area (Å²) in [5.41, 5.74) is 4.02. The number of nitrogens with one attached hydrogen (secondary N) is 1. The van der Waals surface area contributed by atoms with E-state index in [-0.39, 0.29) is 23.0 Å². The van der Waals surface area contributed by atoms with Gasteiger partial charge in [-0.1, -0.05) is 42.5 Å². The number of aromatic nitrogens is 1. The Morgan fingerprint density at radius 2 is 1.68 bits per heavy atom. The van der Waals surface area contributed by atoms with Gasteiger partial charge in [0.2, 0.25) is 0 Å². The van der Waals surface area contributed by atoms with Gasteiger partial charge in [-0.05, 0) is 81.3 Å². The molecule has 0 saturated carbocycles. The molecule has 4 aromatic rings. The number of carbonyl (C=O) groups excluding carboxylic acids is 1. The second kappa shape index (κ2) is 9.99. The fourth-order valence-electron chi connectivity index (χ4n) is 6.02. The topological polar surface area (TPSA) is 46.5 Å². The zero-order valence-electron chi connectivity index (χ0n) is 22.5. The monoisotopic (exact) mass is 515 g/mol. The lowest BCUT2D eigenvalue weighted by Crippen LogP contribution is -2.62. The standard InChI is InChI=1S/C31H37N3O2S/c1-30(2)18-24(19-31(3,4)32-30)33(20-23-11-13-25(36-5)14-12-23)29(35)27-17-28-26(15-16-37-28)34(27)21-22-9-7-6-8-10-22/h6-17,24,32H,18-21H2,1-5H3. The number of methoxy groups -OCH3 is 1. The predicted octanol–water partition coefficient (Wildman–Crippen LogP) is 6.71. The molecule has 1 aliphatic rings. The summed E-state index contributed by atoms with van der Waals surface area (Å²) in [6, 6.07) is 22.8. The number of benzene rings is 2. The van der Waals surface area contributed by atoms with E-state index in [4.69, 9.17) is 4.74 Å². The van der Waals surface area contributed by atoms with Crippen molar-refractivity contribution in [2.24, 2.45) is 0 Å². The highest BCUT2D eigenvalue weighted by Crippen LogP contribution is 2.35. The number of ether oxygens (including phenoxy) is 1. The summed E-state index contributed by atoms with van der Waals surface area (Å²) in [4.78, 5) is 16.7. The summed E-state index contributed by atoms with van der Waals surface area (Å²) >= 11 is 1.69. The summed E-state index contributed by atoms with van der Waals surface area (Å²) in [5, 5.41) is 5.88. The minimum absolute atomic E-state index is 0.0722. The van der Waals surface area contributed by atoms with Crippen LogP contribution in [0.1, 0.15) is 62.2 Å². The Kier molecular flexibility index (Phi) is 6.90. The molecule has 0 aliphatic carbocycles. The highest BCUT2D eigenvalue weighted by atomic mass is 32.1. The quantitative estimate of drug-likeness (QED) is 0.297. The van der Waals surface area contributed by atoms with Gasteiger partial charge in [-0.3, -0.25) is 4.79 Å². The molecule has 6 heteroatoms. The number of nitrogens with zero attached hydrogens (tertiary/aromatic N) is 2. The van der Waals surface area contributed by atoms with Gasteiger partial charge in [0.05, 0.1) is 17.3 Å². The SMILES string of the molecule is COc1ccc(CN(C(=O)c2cc3sccc3n2Cc2ccccc2)C2CC(C)(C)NC(C)(C)C2)cc1. The number of hydrogen-bond acceptors (Lipinski definition) is 4. The van der Waals surface area contributed by atoms with E-state index in [2.05, 4.69) is 96.4 Å². The van der Waals surface area contributed by atoms with Crippen LogP contribution in [0.3, 0.4) is 0 Å². The van der Waals surface area contributed by atoms with Crippen molar-refractivity contribution in [2.45, 2.75) is 70.7 Å². The third-order valence-electron chi connectivity index (χ3n) is 7.31. The third-order valence-corrected chi connectivity index (χ3v) is 8.16. The number of hydrogen-bond donors (Lipinski definition) is 1. The number of amides is 1. The molecule has 2 aromatic heterocycles. The highest BCUT2D eigenvalue weighted by molar-refractivity contribution is 7.17. The van der Waals surface area contributed by atoms with Gasteiger partial charge in [0, 0.05) is 30.2 Å². The van der Waals surface area contributed by atoms with E-state index in [1.54, 1.807) is 18.4 Å². The van der Waals surface area contributed by atoms with E-state index in [9.17, 15) is 4.79 Å². The molecule has 0 radical (unpaired) electrons. The van der Waals surface area contributed by atoms with E-state index in [1.807, 2.05) is 18.2 Å². The van der Waals surface area contributed by atoms with Crippen LogP contribution >= 0.6 is 11.3 Å². The summed E-state index contributed by atoms with van der Waals surface area (Å²) in [6.45, 7) is 10.2. The smallest absolute Gasteiger partial charge is 0.271 e. The van der Waals surface area contributed by atoms with Crippen molar-refractivity contribution in [1.82, 2.24) is 14.8 Å². The second-order valence-corrected chi connectivity index (χ2v) is 12.5. The average Bonchev–Trinajstić information content (AvgIpc) is 3.44. The molecule has 37 heavy (non-hydrogen) atoms. The molecule has 5 rings (SSSR count). The Balaban J connectivity index is 1.55. The normalized spacial score (nSPS) is 17.1. The van der Waals surface area contributed by atoms with Crippen molar-refractivity contribution in [2.75, 3.05) is 7.11 Å². The van der Waals surface area contributed by atoms with Crippen LogP contribution in [0.5, 0.6) is 5.75 Å². The van der Waals surface area contributed by atoms with Crippen LogP contribution in [0.25, 0.3) is 10.2 Å². The van der Waals surface area contributed by atoms with Crippen molar-refractivity contribution in [1.29, 1.82) is 0 Å². The van der Waals surface area contributed by atoms with Crippen molar-refractivity contribution >= 4 is 27.5 Å².